The number of hydrogen-bond acceptors (Lipinski definition) is 6. The van der Waals surface area contributed by atoms with Crippen molar-refractivity contribution in [1.29, 1.82) is 0 Å². The third-order valence-corrected chi connectivity index (χ3v) is 6.87. The number of H-pyrrole nitrogens is 1. The van der Waals surface area contributed by atoms with Crippen molar-refractivity contribution in [1.82, 2.24) is 25.5 Å². The molecule has 8 nitrogen and oxygen atoms in total. The number of allylic oxidation sites excluding steroid dienone is 1. The van der Waals surface area contributed by atoms with E-state index >= 15 is 0 Å². The van der Waals surface area contributed by atoms with Gasteiger partial charge in [-0.15, -0.1) is 10.2 Å². The van der Waals surface area contributed by atoms with Crippen LogP contribution in [0.4, 0.5) is 0 Å². The molecule has 1 N–H and O–H groups in total. The first-order valence-corrected chi connectivity index (χ1v) is 11.9. The van der Waals surface area contributed by atoms with Crippen LogP contribution in [0, 0.1) is 11.3 Å². The largest absolute Gasteiger partial charge is 0.463 e. The van der Waals surface area contributed by atoms with E-state index in [0.29, 0.717) is 43.4 Å². The van der Waals surface area contributed by atoms with Gasteiger partial charge in [0.05, 0.1) is 13.2 Å². The Morgan fingerprint density at radius 2 is 1.86 bits per heavy atom. The average molecular weight is 474 g/mol. The van der Waals surface area contributed by atoms with Gasteiger partial charge in [0.15, 0.2) is 0 Å². The maximum absolute atomic E-state index is 13.2. The normalized spacial score (nSPS) is 19.4. The van der Waals surface area contributed by atoms with Crippen LogP contribution in [0.5, 0.6) is 0 Å². The predicted octanol–water partition coefficient (Wildman–Crippen LogP) is 4.77. The van der Waals surface area contributed by atoms with Crippen molar-refractivity contribution in [3.8, 4) is 22.5 Å². The van der Waals surface area contributed by atoms with E-state index in [9.17, 15) is 9.59 Å². The molecule has 35 heavy (non-hydrogen) atoms. The first kappa shape index (κ1) is 24.3. The van der Waals surface area contributed by atoms with Crippen molar-refractivity contribution < 1.29 is 14.3 Å². The summed E-state index contributed by atoms with van der Waals surface area (Å²) >= 11 is 0. The number of likely N-dealkylation sites (tertiary alicyclic amines) is 1. The van der Waals surface area contributed by atoms with Crippen LogP contribution < -0.4 is 0 Å². The molecule has 8 heteroatoms. The molecule has 0 bridgehead atoms. The Morgan fingerprint density at radius 1 is 1.14 bits per heavy atom. The van der Waals surface area contributed by atoms with Crippen LogP contribution in [0.1, 0.15) is 46.1 Å². The number of nitrogens with one attached hydrogen (secondary N) is 1. The highest BCUT2D eigenvalue weighted by Gasteiger charge is 2.40. The van der Waals surface area contributed by atoms with Crippen LogP contribution in [0.3, 0.4) is 0 Å². The SMILES string of the molecule is CCOC(=O)/C=C1\CC(C)(C(C)C)CC(=O)N1Cc1ccc(-c2ccccc2-c2nn[nH]n2)cc1. The van der Waals surface area contributed by atoms with Gasteiger partial charge >= 0.3 is 5.97 Å². The summed E-state index contributed by atoms with van der Waals surface area (Å²) in [5.74, 6) is 0.444. The number of benzene rings is 2. The fourth-order valence-corrected chi connectivity index (χ4v) is 4.40. The van der Waals surface area contributed by atoms with E-state index in [2.05, 4.69) is 41.4 Å². The number of rotatable bonds is 7. The number of aromatic nitrogens is 4. The number of ether oxygens (including phenoxy) is 1. The zero-order valence-corrected chi connectivity index (χ0v) is 20.6. The molecule has 1 aliphatic rings. The first-order valence-electron chi connectivity index (χ1n) is 11.9. The second-order valence-electron chi connectivity index (χ2n) is 9.51. The van der Waals surface area contributed by atoms with Gasteiger partial charge in [0.1, 0.15) is 0 Å². The summed E-state index contributed by atoms with van der Waals surface area (Å²) in [4.78, 5) is 27.2. The van der Waals surface area contributed by atoms with Gasteiger partial charge < -0.3 is 9.64 Å². The van der Waals surface area contributed by atoms with Gasteiger partial charge in [0.2, 0.25) is 11.7 Å². The van der Waals surface area contributed by atoms with E-state index in [-0.39, 0.29) is 11.3 Å². The van der Waals surface area contributed by atoms with Gasteiger partial charge in [-0.1, -0.05) is 69.3 Å². The molecule has 4 rings (SSSR count). The van der Waals surface area contributed by atoms with Crippen LogP contribution >= 0.6 is 0 Å². The minimum absolute atomic E-state index is 0.0227. The summed E-state index contributed by atoms with van der Waals surface area (Å²) in [7, 11) is 0. The summed E-state index contributed by atoms with van der Waals surface area (Å²) < 4.78 is 5.14. The van der Waals surface area contributed by atoms with Crippen LogP contribution in [0.25, 0.3) is 22.5 Å². The standard InChI is InChI=1S/C27H31N5O3/c1-5-35-25(34)14-21-15-27(4,18(2)3)16-24(33)32(21)17-19-10-12-20(13-11-19)22-8-6-7-9-23(22)26-28-30-31-29-26/h6-14,18H,5,15-17H2,1-4H3,(H,28,29,30,31)/b21-14+. The van der Waals surface area contributed by atoms with Crippen LogP contribution in [-0.4, -0.2) is 44.0 Å². The summed E-state index contributed by atoms with van der Waals surface area (Å²) in [5, 5.41) is 14.4. The maximum atomic E-state index is 13.2. The Hall–Kier alpha value is -3.81. The molecule has 1 atom stereocenters. The zero-order chi connectivity index (χ0) is 25.0. The molecule has 0 radical (unpaired) electrons. The fourth-order valence-electron chi connectivity index (χ4n) is 4.40. The quantitative estimate of drug-likeness (QED) is 0.392. The lowest BCUT2D eigenvalue weighted by molar-refractivity contribution is -0.138. The smallest absolute Gasteiger partial charge is 0.332 e. The van der Waals surface area contributed by atoms with Gasteiger partial charge in [0, 0.05) is 23.8 Å². The topological polar surface area (TPSA) is 101 Å². The molecule has 0 saturated carbocycles. The molecule has 1 fully saturated rings. The molecule has 1 aliphatic heterocycles. The molecular formula is C27H31N5O3. The van der Waals surface area contributed by atoms with Crippen molar-refractivity contribution in [3.63, 3.8) is 0 Å². The fraction of sp³-hybridized carbons (Fsp3) is 0.370. The third-order valence-electron chi connectivity index (χ3n) is 6.87. The number of esters is 1. The van der Waals surface area contributed by atoms with Crippen molar-refractivity contribution in [2.45, 2.75) is 47.1 Å². The van der Waals surface area contributed by atoms with Gasteiger partial charge in [-0.3, -0.25) is 4.79 Å². The van der Waals surface area contributed by atoms with E-state index in [1.807, 2.05) is 48.5 Å². The Labute approximate surface area is 205 Å². The predicted molar refractivity (Wildman–Crippen MR) is 132 cm³/mol. The van der Waals surface area contributed by atoms with Crippen LogP contribution in [0.15, 0.2) is 60.3 Å². The second kappa shape index (κ2) is 10.2. The molecule has 1 aromatic heterocycles. The number of carbonyl (C=O) groups is 2. The number of amides is 1. The molecule has 2 aromatic carbocycles. The minimum Gasteiger partial charge on any atom is -0.463 e. The molecule has 1 amide bonds. The lowest BCUT2D eigenvalue weighted by atomic mass is 9.70. The van der Waals surface area contributed by atoms with Crippen molar-refractivity contribution in [3.05, 3.63) is 65.9 Å². The summed E-state index contributed by atoms with van der Waals surface area (Å²) in [6.07, 6.45) is 2.57. The van der Waals surface area contributed by atoms with Crippen LogP contribution in [0.2, 0.25) is 0 Å². The number of aromatic amines is 1. The summed E-state index contributed by atoms with van der Waals surface area (Å²) in [6.45, 7) is 8.82. The summed E-state index contributed by atoms with van der Waals surface area (Å²) in [5.41, 5.74) is 4.37. The molecular weight excluding hydrogens is 442 g/mol. The Kier molecular flexibility index (Phi) is 7.10. The Morgan fingerprint density at radius 3 is 2.49 bits per heavy atom. The Bertz CT molecular complexity index is 1220. The van der Waals surface area contributed by atoms with Gasteiger partial charge in [0.25, 0.3) is 0 Å². The second-order valence-corrected chi connectivity index (χ2v) is 9.51. The van der Waals surface area contributed by atoms with Gasteiger partial charge in [-0.2, -0.15) is 5.21 Å². The number of carbonyl (C=O) groups excluding carboxylic acids is 2. The molecule has 2 heterocycles. The average Bonchev–Trinajstić information content (AvgIpc) is 3.37. The van der Waals surface area contributed by atoms with E-state index in [1.54, 1.807) is 11.8 Å². The molecule has 1 saturated heterocycles. The molecule has 3 aromatic rings. The number of nitrogens with zero attached hydrogens (tertiary/aromatic N) is 4. The van der Waals surface area contributed by atoms with Gasteiger partial charge in [-0.05, 0) is 46.6 Å². The number of piperidine rings is 1. The number of tetrazole rings is 1. The minimum atomic E-state index is -0.415. The highest BCUT2D eigenvalue weighted by molar-refractivity contribution is 5.86. The van der Waals surface area contributed by atoms with Crippen molar-refractivity contribution in [2.75, 3.05) is 6.61 Å². The molecule has 182 valence electrons. The lowest BCUT2D eigenvalue weighted by Gasteiger charge is -2.43. The van der Waals surface area contributed by atoms with E-state index in [4.69, 9.17) is 4.74 Å². The zero-order valence-electron chi connectivity index (χ0n) is 20.6. The highest BCUT2D eigenvalue weighted by atomic mass is 16.5. The monoisotopic (exact) mass is 473 g/mol. The van der Waals surface area contributed by atoms with E-state index < -0.39 is 5.97 Å². The number of hydrogen-bond donors (Lipinski definition) is 1. The van der Waals surface area contributed by atoms with Crippen molar-refractivity contribution >= 4 is 11.9 Å². The summed E-state index contributed by atoms with van der Waals surface area (Å²) in [6, 6.07) is 15.9. The maximum Gasteiger partial charge on any atom is 0.332 e. The van der Waals surface area contributed by atoms with E-state index in [1.165, 1.54) is 6.08 Å². The molecule has 0 spiro atoms. The molecule has 1 unspecified atom stereocenters. The van der Waals surface area contributed by atoms with Gasteiger partial charge in [-0.25, -0.2) is 4.79 Å². The first-order chi connectivity index (χ1) is 16.8. The molecule has 0 aliphatic carbocycles. The Balaban J connectivity index is 1.60. The van der Waals surface area contributed by atoms with Crippen molar-refractivity contribution in [2.24, 2.45) is 11.3 Å². The highest BCUT2D eigenvalue weighted by Crippen LogP contribution is 2.43. The van der Waals surface area contributed by atoms with E-state index in [0.717, 1.165) is 22.3 Å². The lowest BCUT2D eigenvalue weighted by Crippen LogP contribution is -2.43. The third kappa shape index (κ3) is 5.31. The van der Waals surface area contributed by atoms with Crippen LogP contribution in [-0.2, 0) is 20.9 Å².